The summed E-state index contributed by atoms with van der Waals surface area (Å²) in [4.78, 5) is 9.98. The van der Waals surface area contributed by atoms with E-state index in [1.54, 1.807) is 24.6 Å². The van der Waals surface area contributed by atoms with Gasteiger partial charge in [-0.2, -0.15) is 0 Å². The molecular weight excluding hydrogens is 384 g/mol. The zero-order chi connectivity index (χ0) is 20.5. The van der Waals surface area contributed by atoms with E-state index in [4.69, 9.17) is 9.47 Å². The standard InChI is InChI=1S/C22H26N4O2S/c1-4-27-18-7-5-6-8-19(18)28-21-10-9-17(13-24-21)14-25-22(23-3)26-15-20-16(2)11-12-29-20/h5-13H,4,14-15H2,1-3H3,(H2,23,25,26). The van der Waals surface area contributed by atoms with Crippen LogP contribution in [-0.2, 0) is 13.1 Å². The summed E-state index contributed by atoms with van der Waals surface area (Å²) in [6.45, 7) is 6.02. The third-order valence-electron chi connectivity index (χ3n) is 4.23. The van der Waals surface area contributed by atoms with E-state index in [-0.39, 0.29) is 0 Å². The SMILES string of the molecule is CCOc1ccccc1Oc1ccc(CNC(=NC)NCc2sccc2C)cn1. The number of benzene rings is 1. The highest BCUT2D eigenvalue weighted by Gasteiger charge is 2.07. The van der Waals surface area contributed by atoms with E-state index in [1.165, 1.54) is 10.4 Å². The minimum Gasteiger partial charge on any atom is -0.490 e. The minimum absolute atomic E-state index is 0.525. The molecule has 2 aromatic heterocycles. The van der Waals surface area contributed by atoms with E-state index in [9.17, 15) is 0 Å². The van der Waals surface area contributed by atoms with Gasteiger partial charge in [0.15, 0.2) is 17.5 Å². The number of para-hydroxylation sites is 2. The number of rotatable bonds is 8. The van der Waals surface area contributed by atoms with Crippen LogP contribution in [0.15, 0.2) is 59.0 Å². The van der Waals surface area contributed by atoms with E-state index in [0.717, 1.165) is 18.1 Å². The fourth-order valence-electron chi connectivity index (χ4n) is 2.65. The molecule has 0 aliphatic heterocycles. The first-order chi connectivity index (χ1) is 14.2. The molecular formula is C22H26N4O2S. The lowest BCUT2D eigenvalue weighted by Gasteiger charge is -2.12. The molecule has 6 nitrogen and oxygen atoms in total. The zero-order valence-electron chi connectivity index (χ0n) is 16.9. The van der Waals surface area contributed by atoms with Gasteiger partial charge in [0.25, 0.3) is 0 Å². The molecule has 0 atom stereocenters. The Hall–Kier alpha value is -3.06. The monoisotopic (exact) mass is 410 g/mol. The van der Waals surface area contributed by atoms with Gasteiger partial charge in [0.1, 0.15) is 0 Å². The van der Waals surface area contributed by atoms with Crippen LogP contribution in [0, 0.1) is 6.92 Å². The fraction of sp³-hybridized carbons (Fsp3) is 0.273. The third kappa shape index (κ3) is 5.96. The van der Waals surface area contributed by atoms with Crippen LogP contribution in [0.1, 0.15) is 22.9 Å². The molecule has 0 bridgehead atoms. The van der Waals surface area contributed by atoms with Crippen molar-refractivity contribution in [1.29, 1.82) is 0 Å². The number of hydrogen-bond acceptors (Lipinski definition) is 5. The Labute approximate surface area is 175 Å². The number of aryl methyl sites for hydroxylation is 1. The van der Waals surface area contributed by atoms with Crippen molar-refractivity contribution in [2.45, 2.75) is 26.9 Å². The van der Waals surface area contributed by atoms with Crippen molar-refractivity contribution in [1.82, 2.24) is 15.6 Å². The Kier molecular flexibility index (Phi) is 7.47. The molecule has 3 aromatic rings. The van der Waals surface area contributed by atoms with Gasteiger partial charge >= 0.3 is 0 Å². The molecule has 0 unspecified atom stereocenters. The Bertz CT molecular complexity index is 938. The lowest BCUT2D eigenvalue weighted by molar-refractivity contribution is 0.319. The molecule has 0 radical (unpaired) electrons. The van der Waals surface area contributed by atoms with Gasteiger partial charge in [0.2, 0.25) is 5.88 Å². The van der Waals surface area contributed by atoms with E-state index >= 15 is 0 Å². The zero-order valence-corrected chi connectivity index (χ0v) is 17.8. The summed E-state index contributed by atoms with van der Waals surface area (Å²) in [6, 6.07) is 13.5. The summed E-state index contributed by atoms with van der Waals surface area (Å²) in [6.07, 6.45) is 1.79. The molecule has 0 fully saturated rings. The van der Waals surface area contributed by atoms with Crippen molar-refractivity contribution in [3.05, 3.63) is 70.0 Å². The van der Waals surface area contributed by atoms with Gasteiger partial charge in [-0.1, -0.05) is 18.2 Å². The molecule has 7 heteroatoms. The summed E-state index contributed by atoms with van der Waals surface area (Å²) in [5.74, 6) is 2.64. The van der Waals surface area contributed by atoms with Crippen LogP contribution in [0.3, 0.4) is 0 Å². The minimum atomic E-state index is 0.525. The molecule has 0 saturated heterocycles. The van der Waals surface area contributed by atoms with Gasteiger partial charge in [-0.15, -0.1) is 11.3 Å². The number of pyridine rings is 1. The second kappa shape index (κ2) is 10.5. The highest BCUT2D eigenvalue weighted by Crippen LogP contribution is 2.30. The van der Waals surface area contributed by atoms with Crippen LogP contribution in [0.4, 0.5) is 0 Å². The molecule has 0 aliphatic carbocycles. The molecule has 0 amide bonds. The number of aromatic nitrogens is 1. The fourth-order valence-corrected chi connectivity index (χ4v) is 3.50. The summed E-state index contributed by atoms with van der Waals surface area (Å²) < 4.78 is 11.4. The number of nitrogens with one attached hydrogen (secondary N) is 2. The van der Waals surface area contributed by atoms with Crippen molar-refractivity contribution in [3.8, 4) is 17.4 Å². The number of thiophene rings is 1. The van der Waals surface area contributed by atoms with Crippen molar-refractivity contribution in [3.63, 3.8) is 0 Å². The summed E-state index contributed by atoms with van der Waals surface area (Å²) >= 11 is 1.74. The Morgan fingerprint density at radius 1 is 1.07 bits per heavy atom. The quantitative estimate of drug-likeness (QED) is 0.422. The Morgan fingerprint density at radius 2 is 1.86 bits per heavy atom. The van der Waals surface area contributed by atoms with Gasteiger partial charge in [0.05, 0.1) is 13.2 Å². The molecule has 0 aliphatic rings. The molecule has 2 N–H and O–H groups in total. The first-order valence-corrected chi connectivity index (χ1v) is 10.4. The second-order valence-corrected chi connectivity index (χ2v) is 7.29. The van der Waals surface area contributed by atoms with Gasteiger partial charge in [-0.05, 0) is 48.6 Å². The van der Waals surface area contributed by atoms with Crippen LogP contribution in [-0.4, -0.2) is 24.6 Å². The lowest BCUT2D eigenvalue weighted by Crippen LogP contribution is -2.36. The first-order valence-electron chi connectivity index (χ1n) is 9.51. The van der Waals surface area contributed by atoms with Crippen molar-refractivity contribution >= 4 is 17.3 Å². The number of aliphatic imine (C=N–C) groups is 1. The number of guanidine groups is 1. The average molecular weight is 411 g/mol. The van der Waals surface area contributed by atoms with E-state index in [1.807, 2.05) is 43.3 Å². The maximum Gasteiger partial charge on any atom is 0.219 e. The summed E-state index contributed by atoms with van der Waals surface area (Å²) in [7, 11) is 1.77. The average Bonchev–Trinajstić information content (AvgIpc) is 3.16. The van der Waals surface area contributed by atoms with E-state index in [2.05, 4.69) is 39.0 Å². The van der Waals surface area contributed by atoms with Gasteiger partial charge in [-0.25, -0.2) is 4.98 Å². The third-order valence-corrected chi connectivity index (χ3v) is 5.25. The van der Waals surface area contributed by atoms with Crippen molar-refractivity contribution in [2.75, 3.05) is 13.7 Å². The summed E-state index contributed by atoms with van der Waals surface area (Å²) in [5.41, 5.74) is 2.33. The maximum absolute atomic E-state index is 5.86. The predicted molar refractivity (Wildman–Crippen MR) is 118 cm³/mol. The van der Waals surface area contributed by atoms with Crippen LogP contribution < -0.4 is 20.1 Å². The molecule has 0 spiro atoms. The van der Waals surface area contributed by atoms with E-state index in [0.29, 0.717) is 30.5 Å². The number of hydrogen-bond donors (Lipinski definition) is 2. The van der Waals surface area contributed by atoms with Crippen LogP contribution in [0.2, 0.25) is 0 Å². The van der Waals surface area contributed by atoms with Crippen molar-refractivity contribution < 1.29 is 9.47 Å². The molecule has 1 aromatic carbocycles. The molecule has 2 heterocycles. The van der Waals surface area contributed by atoms with Crippen LogP contribution >= 0.6 is 11.3 Å². The topological polar surface area (TPSA) is 67.8 Å². The molecule has 0 saturated carbocycles. The number of ether oxygens (including phenoxy) is 2. The largest absolute Gasteiger partial charge is 0.490 e. The van der Waals surface area contributed by atoms with E-state index < -0.39 is 0 Å². The Balaban J connectivity index is 1.53. The Morgan fingerprint density at radius 3 is 2.52 bits per heavy atom. The first kappa shape index (κ1) is 20.7. The lowest BCUT2D eigenvalue weighted by atomic mass is 10.3. The van der Waals surface area contributed by atoms with Gasteiger partial charge < -0.3 is 20.1 Å². The van der Waals surface area contributed by atoms with Crippen molar-refractivity contribution in [2.24, 2.45) is 4.99 Å². The van der Waals surface area contributed by atoms with Crippen LogP contribution in [0.5, 0.6) is 17.4 Å². The van der Waals surface area contributed by atoms with Crippen LogP contribution in [0.25, 0.3) is 0 Å². The molecule has 29 heavy (non-hydrogen) atoms. The van der Waals surface area contributed by atoms with Gasteiger partial charge in [-0.3, -0.25) is 4.99 Å². The number of nitrogens with zero attached hydrogens (tertiary/aromatic N) is 2. The smallest absolute Gasteiger partial charge is 0.219 e. The molecule has 152 valence electrons. The maximum atomic E-state index is 5.86. The molecule has 3 rings (SSSR count). The predicted octanol–water partition coefficient (Wildman–Crippen LogP) is 4.51. The van der Waals surface area contributed by atoms with Gasteiger partial charge in [0, 0.05) is 30.7 Å². The normalized spacial score (nSPS) is 11.2. The highest BCUT2D eigenvalue weighted by atomic mass is 32.1. The summed E-state index contributed by atoms with van der Waals surface area (Å²) in [5, 5.41) is 8.74. The second-order valence-electron chi connectivity index (χ2n) is 6.29. The highest BCUT2D eigenvalue weighted by molar-refractivity contribution is 7.10.